The molecule has 5 nitrogen and oxygen atoms in total. The van der Waals surface area contributed by atoms with Crippen LogP contribution in [0.3, 0.4) is 0 Å². The second-order valence-corrected chi connectivity index (χ2v) is 10.2. The molecule has 1 fully saturated rings. The summed E-state index contributed by atoms with van der Waals surface area (Å²) < 4.78 is 24.8. The van der Waals surface area contributed by atoms with E-state index >= 15 is 0 Å². The fourth-order valence-electron chi connectivity index (χ4n) is 3.40. The summed E-state index contributed by atoms with van der Waals surface area (Å²) in [6.07, 6.45) is 7.75. The Kier molecular flexibility index (Phi) is 7.50. The van der Waals surface area contributed by atoms with E-state index in [0.717, 1.165) is 0 Å². The molecular formula is C21H26N2O3S2. The number of benzene rings is 1. The van der Waals surface area contributed by atoms with Crippen LogP contribution >= 0.6 is 11.8 Å². The summed E-state index contributed by atoms with van der Waals surface area (Å²) >= 11 is 1.31. The number of nitrogens with zero attached hydrogens (tertiary/aromatic N) is 1. The summed E-state index contributed by atoms with van der Waals surface area (Å²) in [6, 6.07) is 11.9. The minimum atomic E-state index is -3.34. The van der Waals surface area contributed by atoms with Gasteiger partial charge in [0.1, 0.15) is 5.03 Å². The van der Waals surface area contributed by atoms with Crippen molar-refractivity contribution in [1.29, 1.82) is 0 Å². The van der Waals surface area contributed by atoms with Crippen molar-refractivity contribution in [2.24, 2.45) is 5.92 Å². The lowest BCUT2D eigenvalue weighted by Crippen LogP contribution is -2.30. The number of rotatable bonds is 8. The van der Waals surface area contributed by atoms with Crippen LogP contribution in [0, 0.1) is 5.92 Å². The third kappa shape index (κ3) is 5.82. The molecule has 0 radical (unpaired) electrons. The first-order valence-corrected chi connectivity index (χ1v) is 12.3. The highest BCUT2D eigenvalue weighted by molar-refractivity contribution is 8.00. The molecule has 3 rings (SSSR count). The minimum Gasteiger partial charge on any atom is -0.352 e. The average molecular weight is 419 g/mol. The summed E-state index contributed by atoms with van der Waals surface area (Å²) in [7, 11) is -3.34. The van der Waals surface area contributed by atoms with E-state index in [9.17, 15) is 13.2 Å². The zero-order valence-corrected chi connectivity index (χ0v) is 17.5. The molecule has 1 N–H and O–H groups in total. The van der Waals surface area contributed by atoms with Crippen LogP contribution in [-0.2, 0) is 9.84 Å². The second kappa shape index (κ2) is 10.1. The maximum absolute atomic E-state index is 12.6. The van der Waals surface area contributed by atoms with Crippen molar-refractivity contribution in [3.8, 4) is 0 Å². The summed E-state index contributed by atoms with van der Waals surface area (Å²) in [5.74, 6) is 0.770. The maximum atomic E-state index is 12.6. The standard InChI is InChI=1S/C21H26N2O3S2/c24-20(23-16-17-8-3-1-4-9-17)19-12-7-13-22-21(19)27-14-15-28(25,26)18-10-5-2-6-11-18/h2,5-7,10-13,17H,1,3-4,8-9,14-16H2,(H,23,24). The molecule has 0 saturated heterocycles. The van der Waals surface area contributed by atoms with Gasteiger partial charge in [0, 0.05) is 18.5 Å². The van der Waals surface area contributed by atoms with E-state index in [1.165, 1.54) is 43.9 Å². The van der Waals surface area contributed by atoms with Crippen LogP contribution in [-0.4, -0.2) is 37.4 Å². The molecule has 7 heteroatoms. The number of hydrogen-bond acceptors (Lipinski definition) is 5. The van der Waals surface area contributed by atoms with Gasteiger partial charge >= 0.3 is 0 Å². The van der Waals surface area contributed by atoms with Crippen molar-refractivity contribution in [2.75, 3.05) is 18.1 Å². The lowest BCUT2D eigenvalue weighted by Gasteiger charge is -2.21. The third-order valence-corrected chi connectivity index (χ3v) is 7.98. The van der Waals surface area contributed by atoms with Crippen LogP contribution in [0.5, 0.6) is 0 Å². The van der Waals surface area contributed by atoms with Gasteiger partial charge in [0.25, 0.3) is 5.91 Å². The van der Waals surface area contributed by atoms with E-state index in [0.29, 0.717) is 33.7 Å². The Morgan fingerprint density at radius 1 is 1.07 bits per heavy atom. The zero-order valence-electron chi connectivity index (χ0n) is 15.8. The van der Waals surface area contributed by atoms with Gasteiger partial charge in [-0.3, -0.25) is 4.79 Å². The molecule has 2 aromatic rings. The van der Waals surface area contributed by atoms with E-state index in [2.05, 4.69) is 10.3 Å². The van der Waals surface area contributed by atoms with Crippen LogP contribution < -0.4 is 5.32 Å². The number of aromatic nitrogens is 1. The molecule has 28 heavy (non-hydrogen) atoms. The Balaban J connectivity index is 1.56. The molecule has 0 spiro atoms. The topological polar surface area (TPSA) is 76.1 Å². The number of hydrogen-bond donors (Lipinski definition) is 1. The van der Waals surface area contributed by atoms with E-state index in [4.69, 9.17) is 0 Å². The molecule has 150 valence electrons. The Labute approximate surface area is 171 Å². The van der Waals surface area contributed by atoms with Gasteiger partial charge in [-0.25, -0.2) is 13.4 Å². The van der Waals surface area contributed by atoms with Crippen molar-refractivity contribution in [2.45, 2.75) is 42.0 Å². The van der Waals surface area contributed by atoms with Crippen LogP contribution in [0.4, 0.5) is 0 Å². The highest BCUT2D eigenvalue weighted by Crippen LogP contribution is 2.24. The van der Waals surface area contributed by atoms with E-state index in [1.807, 2.05) is 0 Å². The average Bonchev–Trinajstić information content (AvgIpc) is 2.74. The van der Waals surface area contributed by atoms with E-state index < -0.39 is 9.84 Å². The minimum absolute atomic E-state index is 0.00138. The quantitative estimate of drug-likeness (QED) is 0.657. The van der Waals surface area contributed by atoms with Crippen molar-refractivity contribution in [1.82, 2.24) is 10.3 Å². The van der Waals surface area contributed by atoms with Gasteiger partial charge in [0.05, 0.1) is 16.2 Å². The van der Waals surface area contributed by atoms with Gasteiger partial charge in [-0.2, -0.15) is 0 Å². The smallest absolute Gasteiger partial charge is 0.254 e. The molecular weight excluding hydrogens is 392 g/mol. The molecule has 1 saturated carbocycles. The fourth-order valence-corrected chi connectivity index (χ4v) is 6.06. The van der Waals surface area contributed by atoms with Gasteiger partial charge in [-0.1, -0.05) is 37.5 Å². The molecule has 1 aromatic heterocycles. The fraction of sp³-hybridized carbons (Fsp3) is 0.429. The van der Waals surface area contributed by atoms with Gasteiger partial charge in [-0.15, -0.1) is 11.8 Å². The summed E-state index contributed by atoms with van der Waals surface area (Å²) in [6.45, 7) is 0.695. The molecule has 0 atom stereocenters. The van der Waals surface area contributed by atoms with Crippen molar-refractivity contribution >= 4 is 27.5 Å². The van der Waals surface area contributed by atoms with Gasteiger partial charge in [0.15, 0.2) is 9.84 Å². The first-order valence-electron chi connectivity index (χ1n) is 9.70. The highest BCUT2D eigenvalue weighted by Gasteiger charge is 2.18. The zero-order chi connectivity index (χ0) is 19.8. The molecule has 1 aromatic carbocycles. The van der Waals surface area contributed by atoms with Crippen molar-refractivity contribution in [3.63, 3.8) is 0 Å². The highest BCUT2D eigenvalue weighted by atomic mass is 32.2. The van der Waals surface area contributed by atoms with Crippen LogP contribution in [0.2, 0.25) is 0 Å². The second-order valence-electron chi connectivity index (χ2n) is 7.05. The Morgan fingerprint density at radius 3 is 2.57 bits per heavy atom. The Morgan fingerprint density at radius 2 is 1.82 bits per heavy atom. The SMILES string of the molecule is O=C(NCC1CCCCC1)c1cccnc1SCCS(=O)(=O)c1ccccc1. The molecule has 0 unspecified atom stereocenters. The van der Waals surface area contributed by atoms with Crippen LogP contribution in [0.1, 0.15) is 42.5 Å². The monoisotopic (exact) mass is 418 g/mol. The first kappa shape index (κ1) is 20.9. The molecule has 1 amide bonds. The summed E-state index contributed by atoms with van der Waals surface area (Å²) in [5.41, 5.74) is 0.514. The predicted octanol–water partition coefficient (Wildman–Crippen LogP) is 3.96. The predicted molar refractivity (Wildman–Crippen MR) is 112 cm³/mol. The first-order chi connectivity index (χ1) is 13.6. The largest absolute Gasteiger partial charge is 0.352 e. The Bertz CT molecular complexity index is 880. The lowest BCUT2D eigenvalue weighted by atomic mass is 9.89. The number of nitrogens with one attached hydrogen (secondary N) is 1. The third-order valence-electron chi connectivity index (χ3n) is 4.98. The molecule has 1 aliphatic rings. The van der Waals surface area contributed by atoms with E-state index in [-0.39, 0.29) is 11.7 Å². The van der Waals surface area contributed by atoms with Gasteiger partial charge in [0.2, 0.25) is 0 Å². The van der Waals surface area contributed by atoms with Crippen LogP contribution in [0.25, 0.3) is 0 Å². The summed E-state index contributed by atoms with van der Waals surface area (Å²) in [4.78, 5) is 17.2. The number of amides is 1. The molecule has 1 aliphatic carbocycles. The van der Waals surface area contributed by atoms with Gasteiger partial charge < -0.3 is 5.32 Å². The van der Waals surface area contributed by atoms with Crippen LogP contribution in [0.15, 0.2) is 58.6 Å². The number of thioether (sulfide) groups is 1. The Hall–Kier alpha value is -1.86. The van der Waals surface area contributed by atoms with Crippen molar-refractivity contribution < 1.29 is 13.2 Å². The normalized spacial score (nSPS) is 15.3. The number of sulfone groups is 1. The number of carbonyl (C=O) groups excluding carboxylic acids is 1. The maximum Gasteiger partial charge on any atom is 0.254 e. The molecule has 0 bridgehead atoms. The lowest BCUT2D eigenvalue weighted by molar-refractivity contribution is 0.0940. The molecule has 0 aliphatic heterocycles. The molecule has 1 heterocycles. The van der Waals surface area contributed by atoms with Gasteiger partial charge in [-0.05, 0) is 43.0 Å². The number of carbonyl (C=O) groups is 1. The van der Waals surface area contributed by atoms with Crippen molar-refractivity contribution in [3.05, 3.63) is 54.2 Å². The summed E-state index contributed by atoms with van der Waals surface area (Å²) in [5, 5.41) is 3.61. The number of pyridine rings is 1. The van der Waals surface area contributed by atoms with E-state index in [1.54, 1.807) is 48.7 Å².